The lowest BCUT2D eigenvalue weighted by Crippen LogP contribution is -2.24. The molecule has 1 aromatic rings. The summed E-state index contributed by atoms with van der Waals surface area (Å²) in [7, 11) is 0. The summed E-state index contributed by atoms with van der Waals surface area (Å²) in [4.78, 5) is 8.51. The van der Waals surface area contributed by atoms with Crippen LogP contribution in [0.5, 0.6) is 0 Å². The first-order valence-electron chi connectivity index (χ1n) is 5.33. The second-order valence-corrected chi connectivity index (χ2v) is 3.76. The van der Waals surface area contributed by atoms with Gasteiger partial charge in [-0.25, -0.2) is 9.97 Å². The van der Waals surface area contributed by atoms with Gasteiger partial charge in [0, 0.05) is 6.20 Å². The highest BCUT2D eigenvalue weighted by Gasteiger charge is 2.12. The van der Waals surface area contributed by atoms with Gasteiger partial charge in [-0.3, -0.25) is 0 Å². The van der Waals surface area contributed by atoms with Gasteiger partial charge in [-0.05, 0) is 32.9 Å². The van der Waals surface area contributed by atoms with E-state index in [9.17, 15) is 0 Å². The maximum Gasteiger partial charge on any atom is 0.125 e. The predicted molar refractivity (Wildman–Crippen MR) is 62.6 cm³/mol. The summed E-state index contributed by atoms with van der Waals surface area (Å²) >= 11 is 0. The van der Waals surface area contributed by atoms with Crippen molar-refractivity contribution >= 4 is 0 Å². The number of hydrogen-bond donors (Lipinski definition) is 1. The van der Waals surface area contributed by atoms with E-state index in [0.29, 0.717) is 0 Å². The fourth-order valence-electron chi connectivity index (χ4n) is 1.46. The van der Waals surface area contributed by atoms with Gasteiger partial charge in [0.1, 0.15) is 5.82 Å². The summed E-state index contributed by atoms with van der Waals surface area (Å²) in [6.07, 6.45) is 2.90. The largest absolute Gasteiger partial charge is 0.305 e. The normalized spacial score (nSPS) is 12.5. The number of aromatic nitrogens is 2. The molecule has 0 bridgehead atoms. The number of nitrogens with zero attached hydrogens (tertiary/aromatic N) is 2. The van der Waals surface area contributed by atoms with E-state index in [0.717, 1.165) is 30.1 Å². The summed E-state index contributed by atoms with van der Waals surface area (Å²) in [5, 5.41) is 3.42. The van der Waals surface area contributed by atoms with E-state index in [1.165, 1.54) is 0 Å². The van der Waals surface area contributed by atoms with E-state index in [1.54, 1.807) is 6.20 Å². The summed E-state index contributed by atoms with van der Waals surface area (Å²) < 4.78 is 0. The van der Waals surface area contributed by atoms with Crippen LogP contribution in [0.2, 0.25) is 0 Å². The molecule has 1 N–H and O–H groups in total. The Morgan fingerprint density at radius 1 is 1.60 bits per heavy atom. The van der Waals surface area contributed by atoms with Crippen LogP contribution >= 0.6 is 0 Å². The third kappa shape index (κ3) is 3.44. The maximum absolute atomic E-state index is 4.41. The van der Waals surface area contributed by atoms with Crippen LogP contribution in [0.1, 0.15) is 37.8 Å². The monoisotopic (exact) mass is 205 g/mol. The van der Waals surface area contributed by atoms with Gasteiger partial charge in [0.2, 0.25) is 0 Å². The molecule has 0 aliphatic carbocycles. The molecule has 1 unspecified atom stereocenters. The molecular formula is C12H19N3. The van der Waals surface area contributed by atoms with Gasteiger partial charge in [0.15, 0.2) is 0 Å². The molecule has 0 aromatic carbocycles. The van der Waals surface area contributed by atoms with Crippen molar-refractivity contribution in [1.29, 1.82) is 0 Å². The summed E-state index contributed by atoms with van der Waals surface area (Å²) in [5.41, 5.74) is 2.09. The topological polar surface area (TPSA) is 37.8 Å². The number of rotatable bonds is 5. The van der Waals surface area contributed by atoms with Crippen molar-refractivity contribution < 1.29 is 0 Å². The van der Waals surface area contributed by atoms with Gasteiger partial charge in [-0.15, -0.1) is 0 Å². The minimum atomic E-state index is 0.145. The van der Waals surface area contributed by atoms with Crippen molar-refractivity contribution in [3.05, 3.63) is 35.9 Å². The highest BCUT2D eigenvalue weighted by Crippen LogP contribution is 2.17. The molecule has 0 saturated carbocycles. The van der Waals surface area contributed by atoms with Crippen LogP contribution in [0.15, 0.2) is 24.4 Å². The molecule has 82 valence electrons. The Morgan fingerprint density at radius 2 is 2.33 bits per heavy atom. The molecule has 1 aromatic heterocycles. The third-order valence-corrected chi connectivity index (χ3v) is 2.18. The molecule has 0 spiro atoms. The smallest absolute Gasteiger partial charge is 0.125 e. The van der Waals surface area contributed by atoms with Gasteiger partial charge in [0.25, 0.3) is 0 Å². The van der Waals surface area contributed by atoms with Crippen LogP contribution in [-0.2, 0) is 0 Å². The van der Waals surface area contributed by atoms with E-state index >= 15 is 0 Å². The lowest BCUT2D eigenvalue weighted by atomic mass is 10.1. The Bertz CT molecular complexity index is 333. The average molecular weight is 205 g/mol. The van der Waals surface area contributed by atoms with E-state index < -0.39 is 0 Å². The van der Waals surface area contributed by atoms with Crippen LogP contribution in [0.3, 0.4) is 0 Å². The molecule has 1 heterocycles. The second kappa shape index (κ2) is 5.61. The van der Waals surface area contributed by atoms with Gasteiger partial charge in [-0.1, -0.05) is 19.1 Å². The highest BCUT2D eigenvalue weighted by molar-refractivity contribution is 5.18. The quantitative estimate of drug-likeness (QED) is 0.750. The lowest BCUT2D eigenvalue weighted by Gasteiger charge is -2.18. The van der Waals surface area contributed by atoms with Crippen LogP contribution in [0.25, 0.3) is 0 Å². The van der Waals surface area contributed by atoms with E-state index in [-0.39, 0.29) is 6.04 Å². The zero-order chi connectivity index (χ0) is 11.3. The molecule has 0 aliphatic heterocycles. The molecule has 0 radical (unpaired) electrons. The van der Waals surface area contributed by atoms with Crippen LogP contribution < -0.4 is 5.32 Å². The van der Waals surface area contributed by atoms with Crippen molar-refractivity contribution in [3.63, 3.8) is 0 Å². The highest BCUT2D eigenvalue weighted by atomic mass is 15.0. The van der Waals surface area contributed by atoms with Gasteiger partial charge in [-0.2, -0.15) is 0 Å². The minimum absolute atomic E-state index is 0.145. The number of aryl methyl sites for hydroxylation is 1. The Kier molecular flexibility index (Phi) is 4.43. The fourth-order valence-corrected chi connectivity index (χ4v) is 1.46. The lowest BCUT2D eigenvalue weighted by molar-refractivity contribution is 0.576. The van der Waals surface area contributed by atoms with Crippen molar-refractivity contribution in [1.82, 2.24) is 15.3 Å². The SMILES string of the molecule is C=C(C)C(NCCC)c1ccnc(C)n1. The number of hydrogen-bond acceptors (Lipinski definition) is 3. The van der Waals surface area contributed by atoms with Gasteiger partial charge < -0.3 is 5.32 Å². The zero-order valence-electron chi connectivity index (χ0n) is 9.75. The van der Waals surface area contributed by atoms with Crippen LogP contribution in [0.4, 0.5) is 0 Å². The Morgan fingerprint density at radius 3 is 2.87 bits per heavy atom. The van der Waals surface area contributed by atoms with E-state index in [1.807, 2.05) is 19.9 Å². The molecule has 0 amide bonds. The maximum atomic E-state index is 4.41. The second-order valence-electron chi connectivity index (χ2n) is 3.76. The molecule has 1 atom stereocenters. The predicted octanol–water partition coefficient (Wildman–Crippen LogP) is 2.40. The summed E-state index contributed by atoms with van der Waals surface area (Å²) in [6, 6.07) is 2.08. The van der Waals surface area contributed by atoms with Crippen molar-refractivity contribution in [2.75, 3.05) is 6.54 Å². The van der Waals surface area contributed by atoms with Gasteiger partial charge >= 0.3 is 0 Å². The Hall–Kier alpha value is -1.22. The first kappa shape index (κ1) is 11.9. The Balaban J connectivity index is 2.84. The molecule has 3 nitrogen and oxygen atoms in total. The van der Waals surface area contributed by atoms with E-state index in [4.69, 9.17) is 0 Å². The fraction of sp³-hybridized carbons (Fsp3) is 0.500. The molecule has 1 rings (SSSR count). The standard InChI is InChI=1S/C12H19N3/c1-5-7-14-12(9(2)3)11-6-8-13-10(4)15-11/h6,8,12,14H,2,5,7H2,1,3-4H3. The molecule has 0 aliphatic rings. The molecule has 0 saturated heterocycles. The molecule has 0 fully saturated rings. The first-order chi connectivity index (χ1) is 7.15. The Labute approximate surface area is 91.7 Å². The molecular weight excluding hydrogens is 186 g/mol. The molecule has 3 heteroatoms. The van der Waals surface area contributed by atoms with Crippen LogP contribution in [0, 0.1) is 6.92 Å². The number of nitrogens with one attached hydrogen (secondary N) is 1. The van der Waals surface area contributed by atoms with Gasteiger partial charge in [0.05, 0.1) is 11.7 Å². The summed E-state index contributed by atoms with van der Waals surface area (Å²) in [5.74, 6) is 0.803. The zero-order valence-corrected chi connectivity index (χ0v) is 9.75. The molecule has 15 heavy (non-hydrogen) atoms. The van der Waals surface area contributed by atoms with E-state index in [2.05, 4.69) is 28.8 Å². The third-order valence-electron chi connectivity index (χ3n) is 2.18. The average Bonchev–Trinajstić information content (AvgIpc) is 2.18. The van der Waals surface area contributed by atoms with Crippen LogP contribution in [-0.4, -0.2) is 16.5 Å². The van der Waals surface area contributed by atoms with Crippen molar-refractivity contribution in [3.8, 4) is 0 Å². The van der Waals surface area contributed by atoms with Crippen molar-refractivity contribution in [2.24, 2.45) is 0 Å². The minimum Gasteiger partial charge on any atom is -0.305 e. The first-order valence-corrected chi connectivity index (χ1v) is 5.33. The van der Waals surface area contributed by atoms with Crippen molar-refractivity contribution in [2.45, 2.75) is 33.2 Å². The summed E-state index contributed by atoms with van der Waals surface area (Å²) in [6.45, 7) is 11.0.